The highest BCUT2D eigenvalue weighted by Crippen LogP contribution is 2.26. The van der Waals surface area contributed by atoms with E-state index in [1.807, 2.05) is 13.8 Å². The number of hydrogen-bond donors (Lipinski definition) is 0. The molecule has 4 nitrogen and oxygen atoms in total. The van der Waals surface area contributed by atoms with Gasteiger partial charge in [0.25, 0.3) is 0 Å². The van der Waals surface area contributed by atoms with Crippen molar-refractivity contribution in [2.24, 2.45) is 5.92 Å². The van der Waals surface area contributed by atoms with Gasteiger partial charge in [0.05, 0.1) is 5.25 Å². The van der Waals surface area contributed by atoms with Crippen LogP contribution in [0.25, 0.3) is 0 Å². The van der Waals surface area contributed by atoms with E-state index in [4.69, 9.17) is 0 Å². The molecule has 2 rings (SSSR count). The summed E-state index contributed by atoms with van der Waals surface area (Å²) in [6.07, 6.45) is 4.87. The van der Waals surface area contributed by atoms with Crippen molar-refractivity contribution in [3.05, 3.63) is 0 Å². The molecule has 0 aromatic rings. The Bertz CT molecular complexity index is 354. The van der Waals surface area contributed by atoms with Crippen molar-refractivity contribution in [2.45, 2.75) is 58.1 Å². The van der Waals surface area contributed by atoms with Crippen molar-refractivity contribution in [1.29, 1.82) is 0 Å². The van der Waals surface area contributed by atoms with Gasteiger partial charge in [0, 0.05) is 13.1 Å². The molecule has 2 aliphatic heterocycles. The molecule has 0 saturated carbocycles. The molecule has 2 saturated heterocycles. The van der Waals surface area contributed by atoms with E-state index in [0.717, 1.165) is 57.8 Å². The van der Waals surface area contributed by atoms with Gasteiger partial charge in [-0.05, 0) is 51.7 Å². The quantitative estimate of drug-likeness (QED) is 0.804. The van der Waals surface area contributed by atoms with Gasteiger partial charge in [-0.25, -0.2) is 12.7 Å². The van der Waals surface area contributed by atoms with Crippen LogP contribution in [0, 0.1) is 5.92 Å². The molecule has 0 unspecified atom stereocenters. The maximum absolute atomic E-state index is 12.5. The molecule has 2 heterocycles. The zero-order valence-corrected chi connectivity index (χ0v) is 14.5. The second kappa shape index (κ2) is 8.35. The smallest absolute Gasteiger partial charge is 0.217 e. The Morgan fingerprint density at radius 3 is 1.90 bits per heavy atom. The van der Waals surface area contributed by atoms with Crippen molar-refractivity contribution in [3.63, 3.8) is 0 Å². The van der Waals surface area contributed by atoms with Crippen LogP contribution in [0.1, 0.15) is 52.9 Å². The lowest BCUT2D eigenvalue weighted by Gasteiger charge is -2.36. The van der Waals surface area contributed by atoms with Gasteiger partial charge >= 0.3 is 0 Å². The van der Waals surface area contributed by atoms with E-state index < -0.39 is 10.0 Å². The first kappa shape index (κ1) is 17.9. The molecule has 2 fully saturated rings. The minimum Gasteiger partial charge on any atom is -0.306 e. The normalized spacial score (nSPS) is 24.2. The van der Waals surface area contributed by atoms with Crippen molar-refractivity contribution in [3.8, 4) is 0 Å². The third kappa shape index (κ3) is 4.43. The highest BCUT2D eigenvalue weighted by Gasteiger charge is 2.35. The Balaban J connectivity index is 0.000000956. The molecule has 0 spiro atoms. The summed E-state index contributed by atoms with van der Waals surface area (Å²) >= 11 is 0. The minimum absolute atomic E-state index is 0.133. The molecule has 0 amide bonds. The Morgan fingerprint density at radius 2 is 1.45 bits per heavy atom. The predicted molar refractivity (Wildman–Crippen MR) is 85.4 cm³/mol. The molecule has 0 aromatic carbocycles. The molecule has 0 aromatic heterocycles. The summed E-state index contributed by atoms with van der Waals surface area (Å²) in [7, 11) is -0.968. The summed E-state index contributed by atoms with van der Waals surface area (Å²) in [5, 5.41) is -0.133. The average Bonchev–Trinajstić information content (AvgIpc) is 2.50. The van der Waals surface area contributed by atoms with E-state index in [-0.39, 0.29) is 5.25 Å². The van der Waals surface area contributed by atoms with Gasteiger partial charge in [-0.3, -0.25) is 0 Å². The summed E-state index contributed by atoms with van der Waals surface area (Å²) in [5.74, 6) is 0.730. The minimum atomic E-state index is -3.03. The number of likely N-dealkylation sites (tertiary alicyclic amines) is 1. The molecular weight excluding hydrogens is 272 g/mol. The Morgan fingerprint density at radius 1 is 0.950 bits per heavy atom. The Hall–Kier alpha value is -0.130. The SMILES string of the molecule is CC.CCC1CCN(S(=O)(=O)C2CCN(C)CC2)CC1. The van der Waals surface area contributed by atoms with Gasteiger partial charge in [0.1, 0.15) is 0 Å². The van der Waals surface area contributed by atoms with Crippen LogP contribution in [0.3, 0.4) is 0 Å². The molecule has 0 radical (unpaired) electrons. The summed E-state index contributed by atoms with van der Waals surface area (Å²) < 4.78 is 26.9. The summed E-state index contributed by atoms with van der Waals surface area (Å²) in [4.78, 5) is 2.22. The predicted octanol–water partition coefficient (Wildman–Crippen LogP) is 2.56. The van der Waals surface area contributed by atoms with Crippen LogP contribution in [0.5, 0.6) is 0 Å². The molecule has 2 aliphatic rings. The number of hydrogen-bond acceptors (Lipinski definition) is 3. The second-order valence-electron chi connectivity index (χ2n) is 5.80. The molecule has 0 bridgehead atoms. The lowest BCUT2D eigenvalue weighted by Crippen LogP contribution is -2.47. The molecule has 5 heteroatoms. The lowest BCUT2D eigenvalue weighted by molar-refractivity contribution is 0.249. The highest BCUT2D eigenvalue weighted by atomic mass is 32.2. The van der Waals surface area contributed by atoms with E-state index in [0.29, 0.717) is 0 Å². The van der Waals surface area contributed by atoms with Gasteiger partial charge in [0.2, 0.25) is 10.0 Å². The van der Waals surface area contributed by atoms with E-state index in [1.165, 1.54) is 6.42 Å². The number of sulfonamides is 1. The topological polar surface area (TPSA) is 40.6 Å². The zero-order chi connectivity index (χ0) is 15.2. The van der Waals surface area contributed by atoms with Crippen LogP contribution >= 0.6 is 0 Å². The molecule has 20 heavy (non-hydrogen) atoms. The number of rotatable bonds is 3. The van der Waals surface area contributed by atoms with E-state index in [9.17, 15) is 8.42 Å². The third-order valence-corrected chi connectivity index (χ3v) is 7.00. The lowest BCUT2D eigenvalue weighted by atomic mass is 9.96. The summed E-state index contributed by atoms with van der Waals surface area (Å²) in [6.45, 7) is 9.51. The van der Waals surface area contributed by atoms with Crippen molar-refractivity contribution in [2.75, 3.05) is 33.2 Å². The fraction of sp³-hybridized carbons (Fsp3) is 1.00. The van der Waals surface area contributed by atoms with E-state index >= 15 is 0 Å². The van der Waals surface area contributed by atoms with Gasteiger partial charge in [-0.1, -0.05) is 27.2 Å². The van der Waals surface area contributed by atoms with Gasteiger partial charge < -0.3 is 4.90 Å². The first-order valence-corrected chi connectivity index (χ1v) is 9.72. The maximum atomic E-state index is 12.5. The fourth-order valence-electron chi connectivity index (χ4n) is 3.07. The average molecular weight is 305 g/mol. The molecular formula is C15H32N2O2S. The highest BCUT2D eigenvalue weighted by molar-refractivity contribution is 7.89. The summed E-state index contributed by atoms with van der Waals surface area (Å²) in [6, 6.07) is 0. The van der Waals surface area contributed by atoms with Gasteiger partial charge in [-0.2, -0.15) is 0 Å². The first-order chi connectivity index (χ1) is 9.54. The summed E-state index contributed by atoms with van der Waals surface area (Å²) in [5.41, 5.74) is 0. The second-order valence-corrected chi connectivity index (χ2v) is 8.01. The molecule has 0 atom stereocenters. The van der Waals surface area contributed by atoms with Gasteiger partial charge in [0.15, 0.2) is 0 Å². The Labute approximate surface area is 125 Å². The van der Waals surface area contributed by atoms with Crippen molar-refractivity contribution in [1.82, 2.24) is 9.21 Å². The zero-order valence-electron chi connectivity index (χ0n) is 13.6. The standard InChI is InChI=1S/C13H26N2O2S.C2H6/c1-3-12-4-10-15(11-5-12)18(16,17)13-6-8-14(2)9-7-13;1-2/h12-13H,3-11H2,1-2H3;1-2H3. The van der Waals surface area contributed by atoms with Crippen molar-refractivity contribution >= 4 is 10.0 Å². The van der Waals surface area contributed by atoms with E-state index in [2.05, 4.69) is 18.9 Å². The molecule has 0 N–H and O–H groups in total. The van der Waals surface area contributed by atoms with E-state index in [1.54, 1.807) is 4.31 Å². The number of piperidine rings is 2. The first-order valence-electron chi connectivity index (χ1n) is 8.21. The third-order valence-electron chi connectivity index (χ3n) is 4.60. The Kier molecular flexibility index (Phi) is 7.48. The van der Waals surface area contributed by atoms with Gasteiger partial charge in [-0.15, -0.1) is 0 Å². The number of nitrogens with zero attached hydrogens (tertiary/aromatic N) is 2. The monoisotopic (exact) mass is 304 g/mol. The fourth-order valence-corrected chi connectivity index (χ4v) is 5.01. The molecule has 120 valence electrons. The molecule has 0 aliphatic carbocycles. The largest absolute Gasteiger partial charge is 0.306 e. The van der Waals surface area contributed by atoms with Crippen LogP contribution in [0.15, 0.2) is 0 Å². The van der Waals surface area contributed by atoms with Crippen LogP contribution in [-0.2, 0) is 10.0 Å². The van der Waals surface area contributed by atoms with Crippen LogP contribution in [0.2, 0.25) is 0 Å². The van der Waals surface area contributed by atoms with Crippen LogP contribution < -0.4 is 0 Å². The van der Waals surface area contributed by atoms with Crippen LogP contribution in [-0.4, -0.2) is 56.1 Å². The van der Waals surface area contributed by atoms with Crippen LogP contribution in [0.4, 0.5) is 0 Å². The van der Waals surface area contributed by atoms with Crippen molar-refractivity contribution < 1.29 is 8.42 Å². The maximum Gasteiger partial charge on any atom is 0.217 e.